The standard InChI is InChI=1S/C23H25NO4/c1-3-21(25)27-20-11-10-18-17(14-24)12-16(15-8-6-5-7-9-15)13-19(18)23(20)28-22(26)4-2/h5-12,16H,3-4,13-14,24H2,1-2H3. The summed E-state index contributed by atoms with van der Waals surface area (Å²) in [7, 11) is 0. The smallest absolute Gasteiger partial charge is 0.311 e. The maximum Gasteiger partial charge on any atom is 0.311 e. The molecule has 28 heavy (non-hydrogen) atoms. The van der Waals surface area contributed by atoms with E-state index in [0.717, 1.165) is 22.3 Å². The van der Waals surface area contributed by atoms with E-state index in [-0.39, 0.29) is 36.4 Å². The minimum atomic E-state index is -0.376. The van der Waals surface area contributed by atoms with Crippen LogP contribution in [-0.2, 0) is 16.0 Å². The van der Waals surface area contributed by atoms with Crippen LogP contribution >= 0.6 is 0 Å². The minimum Gasteiger partial charge on any atom is -0.423 e. The molecule has 0 aromatic heterocycles. The first-order valence-electron chi connectivity index (χ1n) is 9.60. The number of carbonyl (C=O) groups excluding carboxylic acids is 2. The van der Waals surface area contributed by atoms with Crippen molar-refractivity contribution in [3.63, 3.8) is 0 Å². The topological polar surface area (TPSA) is 78.6 Å². The Balaban J connectivity index is 2.11. The molecule has 0 spiro atoms. The van der Waals surface area contributed by atoms with Crippen molar-refractivity contribution in [2.45, 2.75) is 39.0 Å². The highest BCUT2D eigenvalue weighted by molar-refractivity contribution is 5.81. The fraction of sp³-hybridized carbons (Fsp3) is 0.304. The predicted octanol–water partition coefficient (Wildman–Crippen LogP) is 4.00. The van der Waals surface area contributed by atoms with Gasteiger partial charge in [0, 0.05) is 30.9 Å². The highest BCUT2D eigenvalue weighted by atomic mass is 16.6. The summed E-state index contributed by atoms with van der Waals surface area (Å²) in [5, 5.41) is 0. The van der Waals surface area contributed by atoms with Crippen LogP contribution in [0.4, 0.5) is 0 Å². The molecule has 1 unspecified atom stereocenters. The lowest BCUT2D eigenvalue weighted by molar-refractivity contribution is -0.136. The van der Waals surface area contributed by atoms with Crippen LogP contribution in [0.3, 0.4) is 0 Å². The van der Waals surface area contributed by atoms with Crippen LogP contribution < -0.4 is 15.2 Å². The van der Waals surface area contributed by atoms with Crippen molar-refractivity contribution < 1.29 is 19.1 Å². The Morgan fingerprint density at radius 2 is 1.68 bits per heavy atom. The van der Waals surface area contributed by atoms with Gasteiger partial charge in [0.05, 0.1) is 0 Å². The van der Waals surface area contributed by atoms with Crippen molar-refractivity contribution in [1.82, 2.24) is 0 Å². The van der Waals surface area contributed by atoms with Crippen molar-refractivity contribution in [1.29, 1.82) is 0 Å². The molecule has 0 fully saturated rings. The van der Waals surface area contributed by atoms with Crippen LogP contribution in [0.1, 0.15) is 49.3 Å². The van der Waals surface area contributed by atoms with E-state index in [9.17, 15) is 9.59 Å². The Morgan fingerprint density at radius 3 is 2.32 bits per heavy atom. The van der Waals surface area contributed by atoms with Crippen molar-refractivity contribution in [3.05, 3.63) is 65.2 Å². The van der Waals surface area contributed by atoms with E-state index >= 15 is 0 Å². The fourth-order valence-electron chi connectivity index (χ4n) is 3.39. The van der Waals surface area contributed by atoms with Gasteiger partial charge in [-0.05, 0) is 29.2 Å². The summed E-state index contributed by atoms with van der Waals surface area (Å²) in [4.78, 5) is 23.9. The van der Waals surface area contributed by atoms with E-state index in [2.05, 4.69) is 18.2 Å². The monoisotopic (exact) mass is 379 g/mol. The molecule has 2 aromatic rings. The quantitative estimate of drug-likeness (QED) is 0.606. The highest BCUT2D eigenvalue weighted by Crippen LogP contribution is 2.43. The molecular weight excluding hydrogens is 354 g/mol. The van der Waals surface area contributed by atoms with Crippen LogP contribution in [0.15, 0.2) is 48.5 Å². The number of hydrogen-bond acceptors (Lipinski definition) is 5. The van der Waals surface area contributed by atoms with Crippen LogP contribution in [-0.4, -0.2) is 18.5 Å². The van der Waals surface area contributed by atoms with Crippen molar-refractivity contribution >= 4 is 17.5 Å². The molecule has 0 aliphatic heterocycles. The summed E-state index contributed by atoms with van der Waals surface area (Å²) in [5.74, 6) is -0.0480. The van der Waals surface area contributed by atoms with Crippen molar-refractivity contribution in [3.8, 4) is 11.5 Å². The first-order chi connectivity index (χ1) is 13.6. The van der Waals surface area contributed by atoms with Gasteiger partial charge in [0.25, 0.3) is 0 Å². The first kappa shape index (κ1) is 19.8. The van der Waals surface area contributed by atoms with E-state index in [4.69, 9.17) is 15.2 Å². The summed E-state index contributed by atoms with van der Waals surface area (Å²) in [6, 6.07) is 13.7. The van der Waals surface area contributed by atoms with Crippen LogP contribution in [0.2, 0.25) is 0 Å². The van der Waals surface area contributed by atoms with E-state index in [1.54, 1.807) is 19.9 Å². The van der Waals surface area contributed by atoms with Gasteiger partial charge in [0.15, 0.2) is 11.5 Å². The van der Waals surface area contributed by atoms with Gasteiger partial charge in [-0.2, -0.15) is 0 Å². The molecular formula is C23H25NO4. The van der Waals surface area contributed by atoms with Gasteiger partial charge >= 0.3 is 11.9 Å². The number of esters is 2. The molecule has 2 N–H and O–H groups in total. The Bertz CT molecular complexity index is 902. The Labute approximate surface area is 165 Å². The molecule has 1 atom stereocenters. The summed E-state index contributed by atoms with van der Waals surface area (Å²) in [6.45, 7) is 3.82. The molecule has 5 nitrogen and oxygen atoms in total. The van der Waals surface area contributed by atoms with E-state index in [1.165, 1.54) is 0 Å². The normalized spacial score (nSPS) is 15.4. The average Bonchev–Trinajstić information content (AvgIpc) is 2.74. The number of allylic oxidation sites excluding steroid dienone is 1. The zero-order chi connectivity index (χ0) is 20.1. The average molecular weight is 379 g/mol. The van der Waals surface area contributed by atoms with E-state index in [0.29, 0.717) is 18.7 Å². The van der Waals surface area contributed by atoms with Crippen molar-refractivity contribution in [2.24, 2.45) is 5.73 Å². The van der Waals surface area contributed by atoms with Crippen LogP contribution in [0, 0.1) is 0 Å². The summed E-state index contributed by atoms with van der Waals surface area (Å²) in [5.41, 5.74) is 9.94. The lowest BCUT2D eigenvalue weighted by Gasteiger charge is -2.27. The first-order valence-corrected chi connectivity index (χ1v) is 9.60. The second kappa shape index (κ2) is 8.85. The summed E-state index contributed by atoms with van der Waals surface area (Å²) < 4.78 is 11.1. The Morgan fingerprint density at radius 1 is 1.00 bits per heavy atom. The molecule has 3 rings (SSSR count). The number of hydrogen-bond donors (Lipinski definition) is 1. The molecule has 1 aliphatic carbocycles. The zero-order valence-electron chi connectivity index (χ0n) is 16.2. The largest absolute Gasteiger partial charge is 0.423 e. The van der Waals surface area contributed by atoms with Gasteiger partial charge in [-0.25, -0.2) is 0 Å². The van der Waals surface area contributed by atoms with Crippen LogP contribution in [0.5, 0.6) is 11.5 Å². The Hall–Kier alpha value is -2.92. The third-order valence-electron chi connectivity index (χ3n) is 4.86. The number of benzene rings is 2. The molecule has 0 saturated heterocycles. The SMILES string of the molecule is CCC(=O)Oc1ccc2c(c1OC(=O)CC)CC(c1ccccc1)C=C2CN. The second-order valence-electron chi connectivity index (χ2n) is 6.69. The summed E-state index contributed by atoms with van der Waals surface area (Å²) >= 11 is 0. The molecule has 0 amide bonds. The maximum atomic E-state index is 12.1. The highest BCUT2D eigenvalue weighted by Gasteiger charge is 2.27. The molecule has 0 bridgehead atoms. The lowest BCUT2D eigenvalue weighted by atomic mass is 9.80. The number of nitrogens with two attached hydrogens (primary N) is 1. The van der Waals surface area contributed by atoms with E-state index < -0.39 is 0 Å². The maximum absolute atomic E-state index is 12.1. The summed E-state index contributed by atoms with van der Waals surface area (Å²) in [6.07, 6.45) is 3.26. The number of ether oxygens (including phenoxy) is 2. The molecule has 146 valence electrons. The zero-order valence-corrected chi connectivity index (χ0v) is 16.2. The molecule has 1 aliphatic rings. The minimum absolute atomic E-state index is 0.100. The predicted molar refractivity (Wildman–Crippen MR) is 108 cm³/mol. The fourth-order valence-corrected chi connectivity index (χ4v) is 3.39. The van der Waals surface area contributed by atoms with Gasteiger partial charge in [-0.1, -0.05) is 56.3 Å². The number of carbonyl (C=O) groups is 2. The molecule has 0 radical (unpaired) electrons. The molecule has 2 aromatic carbocycles. The molecule has 0 heterocycles. The van der Waals surface area contributed by atoms with Gasteiger partial charge in [0.2, 0.25) is 0 Å². The second-order valence-corrected chi connectivity index (χ2v) is 6.69. The third-order valence-corrected chi connectivity index (χ3v) is 4.86. The number of fused-ring (bicyclic) bond motifs is 1. The molecule has 5 heteroatoms. The van der Waals surface area contributed by atoms with Gasteiger partial charge < -0.3 is 15.2 Å². The van der Waals surface area contributed by atoms with Gasteiger partial charge in [0.1, 0.15) is 0 Å². The molecule has 0 saturated carbocycles. The van der Waals surface area contributed by atoms with E-state index in [1.807, 2.05) is 24.3 Å². The number of rotatable bonds is 6. The Kier molecular flexibility index (Phi) is 6.26. The lowest BCUT2D eigenvalue weighted by Crippen LogP contribution is -2.18. The van der Waals surface area contributed by atoms with Crippen LogP contribution in [0.25, 0.3) is 5.57 Å². The van der Waals surface area contributed by atoms with Gasteiger partial charge in [-0.3, -0.25) is 9.59 Å². The third kappa shape index (κ3) is 4.15. The van der Waals surface area contributed by atoms with Crippen molar-refractivity contribution in [2.75, 3.05) is 6.54 Å². The van der Waals surface area contributed by atoms with Gasteiger partial charge in [-0.15, -0.1) is 0 Å².